The molecule has 1 heterocycles. The zero-order valence-electron chi connectivity index (χ0n) is 6.23. The molecular weight excluding hydrogens is 210 g/mol. The van der Waals surface area contributed by atoms with Crippen LogP contribution in [0.15, 0.2) is 4.60 Å². The summed E-state index contributed by atoms with van der Waals surface area (Å²) in [6, 6.07) is 0. The predicted molar refractivity (Wildman–Crippen MR) is 44.9 cm³/mol. The normalized spacial score (nSPS) is 10.1. The van der Waals surface area contributed by atoms with Gasteiger partial charge in [-0.15, -0.1) is 0 Å². The second-order valence-corrected chi connectivity index (χ2v) is 3.16. The van der Waals surface area contributed by atoms with Gasteiger partial charge in [-0.2, -0.15) is 0 Å². The highest BCUT2D eigenvalue weighted by Gasteiger charge is 2.13. The number of carbonyl (C=O) groups is 1. The summed E-state index contributed by atoms with van der Waals surface area (Å²) in [5.41, 5.74) is 1.99. The topological polar surface area (TPSA) is 53.1 Å². The molecule has 0 aromatic carbocycles. The van der Waals surface area contributed by atoms with Crippen LogP contribution in [0.1, 0.15) is 21.6 Å². The van der Waals surface area contributed by atoms with Gasteiger partial charge in [-0.05, 0) is 40.9 Å². The first-order valence-corrected chi connectivity index (χ1v) is 3.91. The lowest BCUT2D eigenvalue weighted by atomic mass is 10.2. The summed E-state index contributed by atoms with van der Waals surface area (Å²) in [7, 11) is 0. The van der Waals surface area contributed by atoms with Crippen molar-refractivity contribution in [2.45, 2.75) is 13.8 Å². The minimum atomic E-state index is -0.920. The summed E-state index contributed by atoms with van der Waals surface area (Å²) in [6.07, 6.45) is 0. The van der Waals surface area contributed by atoms with Crippen molar-refractivity contribution in [3.8, 4) is 0 Å². The first-order chi connectivity index (χ1) is 5.04. The van der Waals surface area contributed by atoms with Crippen LogP contribution < -0.4 is 0 Å². The van der Waals surface area contributed by atoms with Gasteiger partial charge in [-0.3, -0.25) is 0 Å². The molecule has 11 heavy (non-hydrogen) atoms. The van der Waals surface area contributed by atoms with Crippen LogP contribution in [0.2, 0.25) is 0 Å². The molecule has 0 bridgehead atoms. The number of aromatic nitrogens is 1. The molecule has 0 atom stereocenters. The average Bonchev–Trinajstić information content (AvgIpc) is 2.17. The fourth-order valence-corrected chi connectivity index (χ4v) is 1.36. The number of hydrogen-bond acceptors (Lipinski definition) is 1. The zero-order chi connectivity index (χ0) is 8.59. The molecule has 2 N–H and O–H groups in total. The Hall–Kier alpha value is -0.770. The molecule has 1 aromatic heterocycles. The Morgan fingerprint density at radius 2 is 2.00 bits per heavy atom. The minimum absolute atomic E-state index is 0.259. The Morgan fingerprint density at radius 3 is 2.18 bits per heavy atom. The van der Waals surface area contributed by atoms with E-state index in [9.17, 15) is 4.79 Å². The number of halogens is 1. The van der Waals surface area contributed by atoms with Gasteiger partial charge in [0.1, 0.15) is 5.69 Å². The van der Waals surface area contributed by atoms with E-state index in [0.29, 0.717) is 0 Å². The lowest BCUT2D eigenvalue weighted by molar-refractivity contribution is 0.0690. The molecule has 4 heteroatoms. The Bertz CT molecular complexity index is 304. The largest absolute Gasteiger partial charge is 0.477 e. The molecule has 1 aromatic rings. The van der Waals surface area contributed by atoms with Crippen LogP contribution in [0.3, 0.4) is 0 Å². The molecule has 0 radical (unpaired) electrons. The summed E-state index contributed by atoms with van der Waals surface area (Å²) < 4.78 is 0.743. The molecule has 0 amide bonds. The number of hydrogen-bond donors (Lipinski definition) is 2. The lowest BCUT2D eigenvalue weighted by Gasteiger charge is -1.90. The maximum absolute atomic E-state index is 10.5. The van der Waals surface area contributed by atoms with Crippen LogP contribution in [0.25, 0.3) is 0 Å². The molecular formula is C7H8BrNO2. The predicted octanol–water partition coefficient (Wildman–Crippen LogP) is 2.09. The Morgan fingerprint density at radius 1 is 1.45 bits per heavy atom. The number of aromatic amines is 1. The third-order valence-electron chi connectivity index (χ3n) is 1.72. The standard InChI is InChI=1S/C7H8BrNO2/c1-3-4(2)6(8)9-5(3)7(10)11/h9H,1-2H3,(H,10,11). The fraction of sp³-hybridized carbons (Fsp3) is 0.286. The highest BCUT2D eigenvalue weighted by atomic mass is 79.9. The minimum Gasteiger partial charge on any atom is -0.477 e. The quantitative estimate of drug-likeness (QED) is 0.758. The molecule has 60 valence electrons. The molecule has 0 spiro atoms. The average molecular weight is 218 g/mol. The van der Waals surface area contributed by atoms with Crippen molar-refractivity contribution in [1.29, 1.82) is 0 Å². The molecule has 3 nitrogen and oxygen atoms in total. The number of H-pyrrole nitrogens is 1. The number of nitrogens with one attached hydrogen (secondary N) is 1. The third-order valence-corrected chi connectivity index (χ3v) is 2.51. The number of carboxylic acid groups (broad SMARTS) is 1. The summed E-state index contributed by atoms with van der Waals surface area (Å²) in [5.74, 6) is -0.920. The van der Waals surface area contributed by atoms with Gasteiger partial charge >= 0.3 is 5.97 Å². The van der Waals surface area contributed by atoms with Crippen LogP contribution in [0.4, 0.5) is 0 Å². The Balaban J connectivity index is 3.29. The van der Waals surface area contributed by atoms with Gasteiger partial charge < -0.3 is 10.1 Å². The monoisotopic (exact) mass is 217 g/mol. The van der Waals surface area contributed by atoms with Gasteiger partial charge in [-0.1, -0.05) is 0 Å². The van der Waals surface area contributed by atoms with E-state index in [4.69, 9.17) is 5.11 Å². The van der Waals surface area contributed by atoms with E-state index >= 15 is 0 Å². The van der Waals surface area contributed by atoms with Crippen LogP contribution in [-0.2, 0) is 0 Å². The molecule has 0 saturated heterocycles. The van der Waals surface area contributed by atoms with Crippen LogP contribution in [0, 0.1) is 13.8 Å². The van der Waals surface area contributed by atoms with Gasteiger partial charge in [0.15, 0.2) is 0 Å². The van der Waals surface area contributed by atoms with Gasteiger partial charge in [0, 0.05) is 0 Å². The van der Waals surface area contributed by atoms with Crippen molar-refractivity contribution in [2.75, 3.05) is 0 Å². The first-order valence-electron chi connectivity index (χ1n) is 3.12. The Kier molecular flexibility index (Phi) is 2.04. The van der Waals surface area contributed by atoms with E-state index in [0.717, 1.165) is 15.7 Å². The Labute approximate surface area is 72.6 Å². The highest BCUT2D eigenvalue weighted by Crippen LogP contribution is 2.21. The van der Waals surface area contributed by atoms with E-state index < -0.39 is 5.97 Å². The summed E-state index contributed by atoms with van der Waals surface area (Å²) in [5, 5.41) is 8.65. The van der Waals surface area contributed by atoms with Crippen molar-refractivity contribution >= 4 is 21.9 Å². The molecule has 0 aliphatic heterocycles. The number of carboxylic acids is 1. The number of aromatic carboxylic acids is 1. The van der Waals surface area contributed by atoms with Gasteiger partial charge in [0.2, 0.25) is 0 Å². The van der Waals surface area contributed by atoms with E-state index in [1.807, 2.05) is 6.92 Å². The first kappa shape index (κ1) is 8.33. The molecule has 0 aliphatic carbocycles. The number of rotatable bonds is 1. The van der Waals surface area contributed by atoms with Crippen molar-refractivity contribution in [2.24, 2.45) is 0 Å². The van der Waals surface area contributed by atoms with Crippen LogP contribution in [-0.4, -0.2) is 16.1 Å². The smallest absolute Gasteiger partial charge is 0.352 e. The zero-order valence-corrected chi connectivity index (χ0v) is 7.82. The van der Waals surface area contributed by atoms with Crippen LogP contribution >= 0.6 is 15.9 Å². The van der Waals surface area contributed by atoms with Crippen LogP contribution in [0.5, 0.6) is 0 Å². The van der Waals surface area contributed by atoms with Gasteiger partial charge in [0.25, 0.3) is 0 Å². The molecule has 1 rings (SSSR count). The van der Waals surface area contributed by atoms with E-state index in [1.165, 1.54) is 0 Å². The SMILES string of the molecule is Cc1c(Br)[nH]c(C(=O)O)c1C. The summed E-state index contributed by atoms with van der Waals surface area (Å²) in [6.45, 7) is 3.64. The van der Waals surface area contributed by atoms with Crippen molar-refractivity contribution in [3.63, 3.8) is 0 Å². The maximum Gasteiger partial charge on any atom is 0.352 e. The lowest BCUT2D eigenvalue weighted by Crippen LogP contribution is -1.98. The second kappa shape index (κ2) is 2.70. The van der Waals surface area contributed by atoms with Crippen molar-refractivity contribution < 1.29 is 9.90 Å². The molecule has 0 aliphatic rings. The maximum atomic E-state index is 10.5. The summed E-state index contributed by atoms with van der Waals surface area (Å²) >= 11 is 3.22. The second-order valence-electron chi connectivity index (χ2n) is 2.37. The molecule has 0 fully saturated rings. The molecule has 0 unspecified atom stereocenters. The van der Waals surface area contributed by atoms with Gasteiger partial charge in [0.05, 0.1) is 4.60 Å². The highest BCUT2D eigenvalue weighted by molar-refractivity contribution is 9.10. The van der Waals surface area contributed by atoms with E-state index in [2.05, 4.69) is 20.9 Å². The van der Waals surface area contributed by atoms with Crippen molar-refractivity contribution in [1.82, 2.24) is 4.98 Å². The fourth-order valence-electron chi connectivity index (χ4n) is 0.863. The van der Waals surface area contributed by atoms with Crippen molar-refractivity contribution in [3.05, 3.63) is 21.4 Å². The van der Waals surface area contributed by atoms with E-state index in [-0.39, 0.29) is 5.69 Å². The third kappa shape index (κ3) is 1.30. The molecule has 0 saturated carbocycles. The van der Waals surface area contributed by atoms with E-state index in [1.54, 1.807) is 6.92 Å². The van der Waals surface area contributed by atoms with Gasteiger partial charge in [-0.25, -0.2) is 4.79 Å². The summed E-state index contributed by atoms with van der Waals surface area (Å²) in [4.78, 5) is 13.3.